The molecule has 3 aromatic rings. The van der Waals surface area contributed by atoms with Gasteiger partial charge in [-0.25, -0.2) is 4.98 Å². The van der Waals surface area contributed by atoms with Gasteiger partial charge >= 0.3 is 6.18 Å². The molecule has 6 nitrogen and oxygen atoms in total. The number of nitrogens with one attached hydrogen (secondary N) is 2. The fourth-order valence-corrected chi connectivity index (χ4v) is 3.36. The molecule has 2 N–H and O–H groups in total. The highest BCUT2D eigenvalue weighted by Crippen LogP contribution is 2.32. The fourth-order valence-electron chi connectivity index (χ4n) is 3.36. The molecule has 0 saturated carbocycles. The molecule has 0 spiro atoms. The SMILES string of the molecule is O=C1CCC(c2cccc(NC(=O)c3cccc(Oc4cc(C(F)(F)F)ccn4)c3)c2)N1. The lowest BCUT2D eigenvalue weighted by molar-refractivity contribution is -0.137. The summed E-state index contributed by atoms with van der Waals surface area (Å²) in [5.41, 5.74) is 0.824. The van der Waals surface area contributed by atoms with Crippen molar-refractivity contribution in [2.24, 2.45) is 0 Å². The zero-order valence-electron chi connectivity index (χ0n) is 16.6. The van der Waals surface area contributed by atoms with Crippen molar-refractivity contribution in [3.63, 3.8) is 0 Å². The van der Waals surface area contributed by atoms with Crippen LogP contribution in [0, 0.1) is 0 Å². The van der Waals surface area contributed by atoms with E-state index in [4.69, 9.17) is 4.74 Å². The van der Waals surface area contributed by atoms with Gasteiger partial charge < -0.3 is 15.4 Å². The van der Waals surface area contributed by atoms with Gasteiger partial charge in [0.15, 0.2) is 0 Å². The van der Waals surface area contributed by atoms with Crippen LogP contribution in [0.4, 0.5) is 18.9 Å². The van der Waals surface area contributed by atoms with Gasteiger partial charge in [0.1, 0.15) is 5.75 Å². The van der Waals surface area contributed by atoms with Crippen LogP contribution in [0.5, 0.6) is 11.6 Å². The van der Waals surface area contributed by atoms with E-state index in [-0.39, 0.29) is 29.1 Å². The Morgan fingerprint density at radius 1 is 1.09 bits per heavy atom. The summed E-state index contributed by atoms with van der Waals surface area (Å²) in [6.45, 7) is 0. The lowest BCUT2D eigenvalue weighted by atomic mass is 10.0. The maximum absolute atomic E-state index is 12.9. The number of rotatable bonds is 5. The highest BCUT2D eigenvalue weighted by molar-refractivity contribution is 6.04. The lowest BCUT2D eigenvalue weighted by Crippen LogP contribution is -2.18. The van der Waals surface area contributed by atoms with E-state index in [1.165, 1.54) is 12.1 Å². The largest absolute Gasteiger partial charge is 0.439 e. The topological polar surface area (TPSA) is 80.3 Å². The molecule has 1 atom stereocenters. The van der Waals surface area contributed by atoms with E-state index in [0.29, 0.717) is 18.5 Å². The first-order valence-electron chi connectivity index (χ1n) is 9.80. The summed E-state index contributed by atoms with van der Waals surface area (Å²) in [4.78, 5) is 27.9. The third-order valence-electron chi connectivity index (χ3n) is 4.92. The number of aromatic nitrogens is 1. The molecule has 0 aliphatic carbocycles. The Morgan fingerprint density at radius 3 is 2.66 bits per heavy atom. The standard InChI is InChI=1S/C23H18F3N3O3/c24-23(25,26)16-9-10-27-21(13-16)32-18-6-2-4-15(12-18)22(31)28-17-5-1-3-14(11-17)19-7-8-20(30)29-19/h1-6,9-13,19H,7-8H2,(H,28,31)(H,29,30). The van der Waals surface area contributed by atoms with E-state index < -0.39 is 17.6 Å². The summed E-state index contributed by atoms with van der Waals surface area (Å²) >= 11 is 0. The molecule has 9 heteroatoms. The number of anilines is 1. The summed E-state index contributed by atoms with van der Waals surface area (Å²) < 4.78 is 44.0. The van der Waals surface area contributed by atoms with Crippen LogP contribution in [0.25, 0.3) is 0 Å². The zero-order chi connectivity index (χ0) is 22.7. The molecule has 2 heterocycles. The molecule has 2 amide bonds. The van der Waals surface area contributed by atoms with Gasteiger partial charge in [-0.05, 0) is 48.4 Å². The maximum atomic E-state index is 12.9. The summed E-state index contributed by atoms with van der Waals surface area (Å²) in [5.74, 6) is -0.479. The highest BCUT2D eigenvalue weighted by atomic mass is 19.4. The van der Waals surface area contributed by atoms with Crippen LogP contribution in [-0.2, 0) is 11.0 Å². The van der Waals surface area contributed by atoms with E-state index in [0.717, 1.165) is 23.9 Å². The van der Waals surface area contributed by atoms with E-state index in [1.807, 2.05) is 6.07 Å². The van der Waals surface area contributed by atoms with Crippen LogP contribution in [0.1, 0.15) is 40.4 Å². The number of hydrogen-bond donors (Lipinski definition) is 2. The average Bonchev–Trinajstić information content (AvgIpc) is 3.20. The third-order valence-corrected chi connectivity index (χ3v) is 4.92. The van der Waals surface area contributed by atoms with Gasteiger partial charge in [0.05, 0.1) is 11.6 Å². The van der Waals surface area contributed by atoms with Gasteiger partial charge in [-0.2, -0.15) is 13.2 Å². The number of benzene rings is 2. The first-order chi connectivity index (χ1) is 15.3. The van der Waals surface area contributed by atoms with Crippen LogP contribution in [0.15, 0.2) is 66.9 Å². The van der Waals surface area contributed by atoms with Crippen LogP contribution >= 0.6 is 0 Å². The Kier molecular flexibility index (Phi) is 5.81. The van der Waals surface area contributed by atoms with Gasteiger partial charge in [0, 0.05) is 29.9 Å². The molecule has 1 aliphatic heterocycles. The van der Waals surface area contributed by atoms with Crippen LogP contribution in [0.2, 0.25) is 0 Å². The second kappa shape index (κ2) is 8.70. The number of alkyl halides is 3. The number of pyridine rings is 1. The third kappa shape index (κ3) is 5.05. The number of nitrogens with zero attached hydrogens (tertiary/aromatic N) is 1. The summed E-state index contributed by atoms with van der Waals surface area (Å²) in [6, 6.07) is 14.8. The summed E-state index contributed by atoms with van der Waals surface area (Å²) in [5, 5.41) is 5.66. The van der Waals surface area contributed by atoms with Gasteiger partial charge in [0.2, 0.25) is 11.8 Å². The van der Waals surface area contributed by atoms with E-state index >= 15 is 0 Å². The van der Waals surface area contributed by atoms with Crippen LogP contribution < -0.4 is 15.4 Å². The molecule has 2 aromatic carbocycles. The number of carbonyl (C=O) groups is 2. The second-order valence-corrected chi connectivity index (χ2v) is 7.25. The minimum atomic E-state index is -4.52. The Labute approximate surface area is 181 Å². The molecule has 1 unspecified atom stereocenters. The smallest absolute Gasteiger partial charge is 0.416 e. The molecule has 0 radical (unpaired) electrons. The number of hydrogen-bond acceptors (Lipinski definition) is 4. The van der Waals surface area contributed by atoms with Crippen molar-refractivity contribution in [3.8, 4) is 11.6 Å². The normalized spacial score (nSPS) is 15.8. The summed E-state index contributed by atoms with van der Waals surface area (Å²) in [6.07, 6.45) is -2.35. The van der Waals surface area contributed by atoms with E-state index in [2.05, 4.69) is 15.6 Å². The average molecular weight is 441 g/mol. The zero-order valence-corrected chi connectivity index (χ0v) is 16.6. The Balaban J connectivity index is 1.47. The molecule has 1 aliphatic rings. The van der Waals surface area contributed by atoms with Crippen LogP contribution in [0.3, 0.4) is 0 Å². The Hall–Kier alpha value is -3.88. The van der Waals surface area contributed by atoms with Gasteiger partial charge in [-0.3, -0.25) is 9.59 Å². The first-order valence-corrected chi connectivity index (χ1v) is 9.80. The minimum absolute atomic E-state index is 0.00323. The minimum Gasteiger partial charge on any atom is -0.439 e. The molecule has 164 valence electrons. The van der Waals surface area contributed by atoms with Crippen molar-refractivity contribution in [1.82, 2.24) is 10.3 Å². The van der Waals surface area contributed by atoms with Crippen molar-refractivity contribution in [1.29, 1.82) is 0 Å². The molecular weight excluding hydrogens is 423 g/mol. The van der Waals surface area contributed by atoms with Crippen LogP contribution in [-0.4, -0.2) is 16.8 Å². The Bertz CT molecular complexity index is 1160. The van der Waals surface area contributed by atoms with Gasteiger partial charge in [-0.1, -0.05) is 18.2 Å². The summed E-state index contributed by atoms with van der Waals surface area (Å²) in [7, 11) is 0. The second-order valence-electron chi connectivity index (χ2n) is 7.25. The monoisotopic (exact) mass is 441 g/mol. The first kappa shape index (κ1) is 21.4. The highest BCUT2D eigenvalue weighted by Gasteiger charge is 2.31. The van der Waals surface area contributed by atoms with Crippen molar-refractivity contribution >= 4 is 17.5 Å². The fraction of sp³-hybridized carbons (Fsp3) is 0.174. The quantitative estimate of drug-likeness (QED) is 0.578. The molecule has 1 saturated heterocycles. The Morgan fingerprint density at radius 2 is 1.91 bits per heavy atom. The van der Waals surface area contributed by atoms with Crippen molar-refractivity contribution in [2.45, 2.75) is 25.1 Å². The maximum Gasteiger partial charge on any atom is 0.416 e. The molecule has 1 aromatic heterocycles. The van der Waals surface area contributed by atoms with Gasteiger partial charge in [-0.15, -0.1) is 0 Å². The predicted molar refractivity (Wildman–Crippen MR) is 110 cm³/mol. The molecule has 4 rings (SSSR count). The number of carbonyl (C=O) groups excluding carboxylic acids is 2. The van der Waals surface area contributed by atoms with E-state index in [1.54, 1.807) is 30.3 Å². The van der Waals surface area contributed by atoms with E-state index in [9.17, 15) is 22.8 Å². The molecule has 32 heavy (non-hydrogen) atoms. The number of amides is 2. The number of ether oxygens (including phenoxy) is 1. The molecule has 0 bridgehead atoms. The predicted octanol–water partition coefficient (Wildman–Crippen LogP) is 5.10. The number of halogens is 3. The molecular formula is C23H18F3N3O3. The molecule has 1 fully saturated rings. The van der Waals surface area contributed by atoms with Crippen molar-refractivity contribution < 1.29 is 27.5 Å². The lowest BCUT2D eigenvalue weighted by Gasteiger charge is -2.13. The van der Waals surface area contributed by atoms with Crippen molar-refractivity contribution in [2.75, 3.05) is 5.32 Å². The van der Waals surface area contributed by atoms with Crippen molar-refractivity contribution in [3.05, 3.63) is 83.6 Å². The van der Waals surface area contributed by atoms with Gasteiger partial charge in [0.25, 0.3) is 5.91 Å².